The zero-order valence-corrected chi connectivity index (χ0v) is 19.7. The van der Waals surface area contributed by atoms with Crippen molar-refractivity contribution in [2.24, 2.45) is 0 Å². The van der Waals surface area contributed by atoms with Crippen LogP contribution in [0.4, 0.5) is 13.2 Å². The van der Waals surface area contributed by atoms with Crippen molar-refractivity contribution in [2.75, 3.05) is 13.2 Å². The molecular formula is C24H26F3O4PS. The first-order valence-electron chi connectivity index (χ1n) is 10.2. The van der Waals surface area contributed by atoms with Gasteiger partial charge in [0.2, 0.25) is 0 Å². The first kappa shape index (κ1) is 27.0. The molecule has 0 aliphatic rings. The van der Waals surface area contributed by atoms with Crippen molar-refractivity contribution in [2.45, 2.75) is 24.8 Å². The predicted octanol–water partition coefficient (Wildman–Crippen LogP) is 4.68. The molecule has 0 saturated carbocycles. The molecule has 0 aromatic heterocycles. The summed E-state index contributed by atoms with van der Waals surface area (Å²) in [6.45, 7) is 1.46. The Bertz CT molecular complexity index is 959. The molecule has 3 rings (SSSR count). The van der Waals surface area contributed by atoms with Crippen LogP contribution in [0.2, 0.25) is 0 Å². The first-order valence-corrected chi connectivity index (χ1v) is 13.0. The minimum absolute atomic E-state index is 0.212. The molecule has 178 valence electrons. The van der Waals surface area contributed by atoms with Gasteiger partial charge in [-0.05, 0) is 30.8 Å². The predicted molar refractivity (Wildman–Crippen MR) is 128 cm³/mol. The van der Waals surface area contributed by atoms with Gasteiger partial charge in [0.15, 0.2) is 6.17 Å². The lowest BCUT2D eigenvalue weighted by Gasteiger charge is -2.18. The Morgan fingerprint density at radius 1 is 0.848 bits per heavy atom. The van der Waals surface area contributed by atoms with Gasteiger partial charge in [-0.1, -0.05) is 91.0 Å². The second-order valence-electron chi connectivity index (χ2n) is 6.83. The molecule has 0 aliphatic heterocycles. The highest BCUT2D eigenvalue weighted by Crippen LogP contribution is 2.32. The van der Waals surface area contributed by atoms with E-state index in [1.807, 2.05) is 0 Å². The molecule has 0 aliphatic carbocycles. The highest BCUT2D eigenvalue weighted by Gasteiger charge is 2.52. The van der Waals surface area contributed by atoms with Crippen LogP contribution in [-0.2, 0) is 14.9 Å². The molecule has 3 aromatic rings. The lowest BCUT2D eigenvalue weighted by molar-refractivity contribution is -0.0181. The smallest absolute Gasteiger partial charge is 0.382 e. The third-order valence-electron chi connectivity index (χ3n) is 4.47. The van der Waals surface area contributed by atoms with E-state index < -0.39 is 35.9 Å². The lowest BCUT2D eigenvalue weighted by atomic mass is 10.3. The summed E-state index contributed by atoms with van der Waals surface area (Å²) in [4.78, 5) is 0. The second kappa shape index (κ2) is 12.8. The molecule has 1 atom stereocenters. The Labute approximate surface area is 193 Å². The zero-order valence-electron chi connectivity index (χ0n) is 18.0. The molecule has 4 nitrogen and oxygen atoms in total. The number of benzene rings is 3. The van der Waals surface area contributed by atoms with Gasteiger partial charge >= 0.3 is 15.4 Å². The van der Waals surface area contributed by atoms with Gasteiger partial charge in [-0.15, -0.1) is 0 Å². The largest absolute Gasteiger partial charge is 0.400 e. The zero-order chi connectivity index (χ0) is 24.3. The summed E-state index contributed by atoms with van der Waals surface area (Å²) in [5, 5.41) is -0.580. The van der Waals surface area contributed by atoms with Crippen molar-refractivity contribution < 1.29 is 30.9 Å². The Balaban J connectivity index is 0.000000248. The van der Waals surface area contributed by atoms with Crippen LogP contribution in [0.3, 0.4) is 0 Å². The molecule has 0 spiro atoms. The fourth-order valence-corrected chi connectivity index (χ4v) is 5.59. The van der Waals surface area contributed by atoms with Crippen LogP contribution < -0.4 is 15.9 Å². The Kier molecular flexibility index (Phi) is 10.5. The van der Waals surface area contributed by atoms with Crippen molar-refractivity contribution in [3.05, 3.63) is 91.0 Å². The molecule has 0 fully saturated rings. The van der Waals surface area contributed by atoms with Crippen molar-refractivity contribution in [3.8, 4) is 0 Å². The molecule has 0 saturated heterocycles. The van der Waals surface area contributed by atoms with E-state index in [1.54, 1.807) is 6.92 Å². The van der Waals surface area contributed by atoms with E-state index in [-0.39, 0.29) is 13.2 Å². The summed E-state index contributed by atoms with van der Waals surface area (Å²) in [6.07, 6.45) is -3.76. The monoisotopic (exact) mass is 498 g/mol. The van der Waals surface area contributed by atoms with Crippen molar-refractivity contribution in [3.63, 3.8) is 0 Å². The fraction of sp³-hybridized carbons (Fsp3) is 0.250. The van der Waals surface area contributed by atoms with Crippen molar-refractivity contribution in [1.29, 1.82) is 0 Å². The van der Waals surface area contributed by atoms with Gasteiger partial charge < -0.3 is 4.74 Å². The van der Waals surface area contributed by atoms with Crippen LogP contribution in [-0.4, -0.2) is 37.6 Å². The molecule has 9 heteroatoms. The quantitative estimate of drug-likeness (QED) is 0.265. The maximum absolute atomic E-state index is 12.6. The van der Waals surface area contributed by atoms with Gasteiger partial charge in [0, 0.05) is 19.6 Å². The molecule has 0 bridgehead atoms. The molecular weight excluding hydrogens is 472 g/mol. The van der Waals surface area contributed by atoms with E-state index in [9.17, 15) is 21.6 Å². The van der Waals surface area contributed by atoms with Gasteiger partial charge in [0.05, 0.1) is 0 Å². The average Bonchev–Trinajstić information content (AvgIpc) is 2.81. The molecule has 0 amide bonds. The topological polar surface area (TPSA) is 63.6 Å². The average molecular weight is 499 g/mol. The summed E-state index contributed by atoms with van der Waals surface area (Å²) in [7, 11) is -6.15. The van der Waals surface area contributed by atoms with Crippen LogP contribution in [0.5, 0.6) is 0 Å². The van der Waals surface area contributed by atoms with E-state index in [4.69, 9.17) is 4.55 Å². The number of hydrogen-bond donors (Lipinski definition) is 1. The Morgan fingerprint density at radius 2 is 1.21 bits per heavy atom. The van der Waals surface area contributed by atoms with Gasteiger partial charge in [0.1, 0.15) is 0 Å². The highest BCUT2D eigenvalue weighted by atomic mass is 32.2. The molecule has 0 radical (unpaired) electrons. The number of hydrogen-bond acceptors (Lipinski definition) is 3. The van der Waals surface area contributed by atoms with Crippen LogP contribution in [0.1, 0.15) is 13.3 Å². The van der Waals surface area contributed by atoms with E-state index in [2.05, 4.69) is 95.7 Å². The second-order valence-corrected chi connectivity index (χ2v) is 10.5. The lowest BCUT2D eigenvalue weighted by Crippen LogP contribution is -2.39. The maximum atomic E-state index is 12.6. The van der Waals surface area contributed by atoms with Crippen LogP contribution >= 0.6 is 7.92 Å². The summed E-state index contributed by atoms with van der Waals surface area (Å²) in [6, 6.07) is 32.3. The number of halogens is 3. The number of ether oxygens (including phenoxy) is 1. The minimum Gasteiger partial charge on any atom is -0.382 e. The number of rotatable bonds is 9. The summed E-state index contributed by atoms with van der Waals surface area (Å²) < 4.78 is 70.3. The summed E-state index contributed by atoms with van der Waals surface area (Å²) >= 11 is 0. The van der Waals surface area contributed by atoms with E-state index in [1.165, 1.54) is 15.9 Å². The van der Waals surface area contributed by atoms with Gasteiger partial charge in [0.25, 0.3) is 0 Å². The van der Waals surface area contributed by atoms with Crippen LogP contribution in [0.15, 0.2) is 91.0 Å². The van der Waals surface area contributed by atoms with Gasteiger partial charge in [-0.25, -0.2) is 4.39 Å². The Morgan fingerprint density at radius 3 is 1.52 bits per heavy atom. The standard InChI is InChI=1S/C18H15P.C6H11F3O4S/c1-4-10-16(11-5-1)19(17-12-6-2-7-13-17)18-14-8-3-9-15-18;1-2-13-4-3-5(7)6(8,9)14(10,11)12/h1-15H;5H,2-4H2,1H3,(H,10,11,12). The van der Waals surface area contributed by atoms with Crippen LogP contribution in [0.25, 0.3) is 0 Å². The van der Waals surface area contributed by atoms with Crippen molar-refractivity contribution >= 4 is 34.0 Å². The third-order valence-corrected chi connectivity index (χ3v) is 7.86. The number of alkyl halides is 3. The van der Waals surface area contributed by atoms with E-state index >= 15 is 0 Å². The molecule has 0 heterocycles. The Hall–Kier alpha value is -2.25. The first-order chi connectivity index (χ1) is 15.7. The molecule has 33 heavy (non-hydrogen) atoms. The van der Waals surface area contributed by atoms with E-state index in [0.29, 0.717) is 0 Å². The molecule has 3 aromatic carbocycles. The fourth-order valence-electron chi connectivity index (χ4n) is 2.84. The minimum atomic E-state index is -5.70. The third kappa shape index (κ3) is 7.93. The normalized spacial score (nSPS) is 12.7. The van der Waals surface area contributed by atoms with Gasteiger partial charge in [-0.2, -0.15) is 17.2 Å². The van der Waals surface area contributed by atoms with Crippen LogP contribution in [0, 0.1) is 0 Å². The molecule has 1 unspecified atom stereocenters. The highest BCUT2D eigenvalue weighted by molar-refractivity contribution is 7.86. The van der Waals surface area contributed by atoms with E-state index in [0.717, 1.165) is 0 Å². The van der Waals surface area contributed by atoms with Crippen molar-refractivity contribution in [1.82, 2.24) is 0 Å². The summed E-state index contributed by atoms with van der Waals surface area (Å²) in [5.41, 5.74) is 0. The molecule has 1 N–H and O–H groups in total. The summed E-state index contributed by atoms with van der Waals surface area (Å²) in [5.74, 6) is 0. The van der Waals surface area contributed by atoms with Gasteiger partial charge in [-0.3, -0.25) is 4.55 Å². The maximum Gasteiger partial charge on any atom is 0.400 e. The SMILES string of the molecule is CCOCCC(F)C(F)(F)S(=O)(=O)O.c1ccc(P(c2ccccc2)c2ccccc2)cc1.